The number of halogens is 1. The summed E-state index contributed by atoms with van der Waals surface area (Å²) < 4.78 is 46.9. The highest BCUT2D eigenvalue weighted by Crippen LogP contribution is 2.17. The largest absolute Gasteiger partial charge is 0.399 e. The van der Waals surface area contributed by atoms with Crippen molar-refractivity contribution in [2.24, 2.45) is 0 Å². The third kappa shape index (κ3) is 5.54. The molecule has 0 saturated carbocycles. The van der Waals surface area contributed by atoms with Gasteiger partial charge in [0.25, 0.3) is 0 Å². The van der Waals surface area contributed by atoms with E-state index in [1.165, 1.54) is 6.07 Å². The van der Waals surface area contributed by atoms with Crippen LogP contribution in [0.15, 0.2) is 23.1 Å². The zero-order valence-electron chi connectivity index (χ0n) is 10.8. The molecule has 5 nitrogen and oxygen atoms in total. The van der Waals surface area contributed by atoms with Crippen LogP contribution < -0.4 is 5.73 Å². The molecule has 108 valence electrons. The summed E-state index contributed by atoms with van der Waals surface area (Å²) in [6.07, 6.45) is 0.698. The summed E-state index contributed by atoms with van der Waals surface area (Å²) in [5.74, 6) is -0.873. The van der Waals surface area contributed by atoms with Crippen LogP contribution in [0.2, 0.25) is 0 Å². The number of nitrogens with two attached hydrogens (primary N) is 1. The van der Waals surface area contributed by atoms with E-state index in [1.807, 2.05) is 0 Å². The first-order valence-electron chi connectivity index (χ1n) is 5.81. The topological polar surface area (TPSA) is 78.6 Å². The molecule has 0 aromatic heterocycles. The fourth-order valence-electron chi connectivity index (χ4n) is 1.46. The van der Waals surface area contributed by atoms with E-state index in [-0.39, 0.29) is 22.9 Å². The molecule has 1 rings (SSSR count). The second-order valence-corrected chi connectivity index (χ2v) is 6.11. The summed E-state index contributed by atoms with van der Waals surface area (Å²) in [4.78, 5) is -0.120. The second kappa shape index (κ2) is 7.42. The molecule has 0 aliphatic heterocycles. The molecule has 0 fully saturated rings. The van der Waals surface area contributed by atoms with Crippen LogP contribution in [-0.4, -0.2) is 41.1 Å². The van der Waals surface area contributed by atoms with Crippen molar-refractivity contribution in [1.29, 1.82) is 0 Å². The Morgan fingerprint density at radius 1 is 1.21 bits per heavy atom. The molecule has 1 aromatic rings. The average molecular weight is 291 g/mol. The van der Waals surface area contributed by atoms with Crippen LogP contribution in [0.1, 0.15) is 6.42 Å². The molecule has 0 aliphatic rings. The lowest BCUT2D eigenvalue weighted by molar-refractivity contribution is 0.112. The van der Waals surface area contributed by atoms with Crippen molar-refractivity contribution in [3.8, 4) is 0 Å². The molecule has 0 bridgehead atoms. The fraction of sp³-hybridized carbons (Fsp3) is 0.500. The summed E-state index contributed by atoms with van der Waals surface area (Å²) in [7, 11) is -1.99. The minimum absolute atomic E-state index is 0.0580. The van der Waals surface area contributed by atoms with E-state index in [4.69, 9.17) is 15.2 Å². The van der Waals surface area contributed by atoms with Crippen LogP contribution in [0.3, 0.4) is 0 Å². The first kappa shape index (κ1) is 15.9. The van der Waals surface area contributed by atoms with Gasteiger partial charge >= 0.3 is 0 Å². The van der Waals surface area contributed by atoms with Crippen LogP contribution in [0.5, 0.6) is 0 Å². The summed E-state index contributed by atoms with van der Waals surface area (Å²) in [6.45, 7) is 1.05. The van der Waals surface area contributed by atoms with Gasteiger partial charge in [0.05, 0.1) is 17.3 Å². The van der Waals surface area contributed by atoms with Gasteiger partial charge in [-0.05, 0) is 24.6 Å². The highest BCUT2D eigenvalue weighted by Gasteiger charge is 2.15. The van der Waals surface area contributed by atoms with Crippen LogP contribution in [0, 0.1) is 5.82 Å². The van der Waals surface area contributed by atoms with E-state index in [9.17, 15) is 12.8 Å². The van der Waals surface area contributed by atoms with Crippen LogP contribution in [0.4, 0.5) is 10.1 Å². The van der Waals surface area contributed by atoms with E-state index in [2.05, 4.69) is 0 Å². The Morgan fingerprint density at radius 2 is 1.95 bits per heavy atom. The van der Waals surface area contributed by atoms with Crippen molar-refractivity contribution >= 4 is 15.5 Å². The third-order valence-electron chi connectivity index (χ3n) is 2.39. The van der Waals surface area contributed by atoms with Crippen molar-refractivity contribution in [2.45, 2.75) is 11.3 Å². The predicted molar refractivity (Wildman–Crippen MR) is 70.2 cm³/mol. The van der Waals surface area contributed by atoms with Crippen molar-refractivity contribution in [3.05, 3.63) is 24.0 Å². The Morgan fingerprint density at radius 3 is 2.58 bits per heavy atom. The minimum Gasteiger partial charge on any atom is -0.399 e. The maximum atomic E-state index is 13.1. The molecule has 0 atom stereocenters. The van der Waals surface area contributed by atoms with Crippen molar-refractivity contribution in [3.63, 3.8) is 0 Å². The molecule has 19 heavy (non-hydrogen) atoms. The summed E-state index contributed by atoms with van der Waals surface area (Å²) >= 11 is 0. The van der Waals surface area contributed by atoms with Crippen LogP contribution in [-0.2, 0) is 19.3 Å². The maximum Gasteiger partial charge on any atom is 0.180 e. The van der Waals surface area contributed by atoms with Crippen molar-refractivity contribution in [2.75, 3.05) is 38.4 Å². The van der Waals surface area contributed by atoms with Gasteiger partial charge in [-0.2, -0.15) is 0 Å². The van der Waals surface area contributed by atoms with Gasteiger partial charge in [0.15, 0.2) is 9.84 Å². The van der Waals surface area contributed by atoms with E-state index in [0.29, 0.717) is 19.6 Å². The molecule has 0 aliphatic carbocycles. The van der Waals surface area contributed by atoms with E-state index < -0.39 is 15.7 Å². The van der Waals surface area contributed by atoms with Crippen LogP contribution in [0.25, 0.3) is 0 Å². The predicted octanol–water partition coefficient (Wildman–Crippen LogP) is 1.23. The van der Waals surface area contributed by atoms with Gasteiger partial charge in [-0.25, -0.2) is 12.8 Å². The molecular weight excluding hydrogens is 273 g/mol. The Kier molecular flexibility index (Phi) is 6.20. The zero-order valence-corrected chi connectivity index (χ0v) is 11.6. The number of benzene rings is 1. The lowest BCUT2D eigenvalue weighted by Gasteiger charge is -2.07. The van der Waals surface area contributed by atoms with Crippen LogP contribution >= 0.6 is 0 Å². The molecule has 2 N–H and O–H groups in total. The van der Waals surface area contributed by atoms with Gasteiger partial charge in [0.2, 0.25) is 0 Å². The fourth-order valence-corrected chi connectivity index (χ4v) is 2.64. The van der Waals surface area contributed by atoms with E-state index in [1.54, 1.807) is 7.11 Å². The molecule has 0 amide bonds. The first-order valence-corrected chi connectivity index (χ1v) is 7.46. The number of ether oxygens (including phenoxy) is 2. The number of nitrogen functional groups attached to an aromatic ring is 1. The van der Waals surface area contributed by atoms with Gasteiger partial charge in [-0.1, -0.05) is 0 Å². The molecular formula is C12H18FNO4S. The molecule has 0 saturated heterocycles. The first-order chi connectivity index (χ1) is 8.95. The van der Waals surface area contributed by atoms with Gasteiger partial charge in [-0.15, -0.1) is 0 Å². The summed E-state index contributed by atoms with van der Waals surface area (Å²) in [5, 5.41) is 0. The molecule has 0 radical (unpaired) electrons. The van der Waals surface area contributed by atoms with Crippen molar-refractivity contribution < 1.29 is 22.3 Å². The zero-order chi connectivity index (χ0) is 14.3. The Labute approximate surface area is 112 Å². The van der Waals surface area contributed by atoms with E-state index >= 15 is 0 Å². The smallest absolute Gasteiger partial charge is 0.180 e. The molecule has 1 aromatic carbocycles. The minimum atomic E-state index is -3.57. The molecule has 0 heterocycles. The normalized spacial score (nSPS) is 11.7. The van der Waals surface area contributed by atoms with Crippen molar-refractivity contribution in [1.82, 2.24) is 0 Å². The van der Waals surface area contributed by atoms with Gasteiger partial charge in [0, 0.05) is 26.0 Å². The average Bonchev–Trinajstić information content (AvgIpc) is 2.32. The molecule has 7 heteroatoms. The number of hydrogen-bond acceptors (Lipinski definition) is 5. The lowest BCUT2D eigenvalue weighted by atomic mass is 10.3. The lowest BCUT2D eigenvalue weighted by Crippen LogP contribution is -2.14. The Bertz CT molecular complexity index is 484. The standard InChI is InChI=1S/C12H18FNO4S/c1-17-3-2-4-18-5-6-19(15,16)12-8-10(13)7-11(14)9-12/h7-9H,2-6,14H2,1H3. The van der Waals surface area contributed by atoms with Gasteiger partial charge < -0.3 is 15.2 Å². The SMILES string of the molecule is COCCCOCCS(=O)(=O)c1cc(N)cc(F)c1. The Balaban J connectivity index is 2.51. The highest BCUT2D eigenvalue weighted by molar-refractivity contribution is 7.91. The maximum absolute atomic E-state index is 13.1. The molecule has 0 unspecified atom stereocenters. The summed E-state index contributed by atoms with van der Waals surface area (Å²) in [5.41, 5.74) is 5.50. The number of anilines is 1. The quantitative estimate of drug-likeness (QED) is 0.576. The van der Waals surface area contributed by atoms with E-state index in [0.717, 1.165) is 12.1 Å². The van der Waals surface area contributed by atoms with Gasteiger partial charge in [-0.3, -0.25) is 0 Å². The number of hydrogen-bond donors (Lipinski definition) is 1. The third-order valence-corrected chi connectivity index (χ3v) is 4.04. The number of sulfone groups is 1. The number of rotatable bonds is 8. The molecule has 0 spiro atoms. The Hall–Kier alpha value is -1.18. The van der Waals surface area contributed by atoms with Gasteiger partial charge in [0.1, 0.15) is 5.82 Å². The monoisotopic (exact) mass is 291 g/mol. The number of methoxy groups -OCH3 is 1. The second-order valence-electron chi connectivity index (χ2n) is 4.00. The highest BCUT2D eigenvalue weighted by atomic mass is 32.2. The summed E-state index contributed by atoms with van der Waals surface area (Å²) in [6, 6.07) is 3.26.